The van der Waals surface area contributed by atoms with Crippen LogP contribution in [0.15, 0.2) is 53.0 Å². The molecular weight excluding hydrogens is 322 g/mol. The smallest absolute Gasteiger partial charge is 0.0358 e. The molecule has 0 heterocycles. The largest absolute Gasteiger partial charge is 0.313 e. The molecule has 0 aliphatic carbocycles. The summed E-state index contributed by atoms with van der Waals surface area (Å²) in [5.41, 5.74) is 4.29. The van der Waals surface area contributed by atoms with Gasteiger partial charge in [0, 0.05) is 10.5 Å². The second-order valence-corrected chi connectivity index (χ2v) is 7.46. The van der Waals surface area contributed by atoms with Crippen molar-refractivity contribution in [2.75, 3.05) is 7.05 Å². The number of nitrogens with one attached hydrogen (secondary N) is 1. The van der Waals surface area contributed by atoms with Gasteiger partial charge in [-0.25, -0.2) is 0 Å². The topological polar surface area (TPSA) is 12.0 Å². The Balaban J connectivity index is 2.13. The number of hydrogen-bond donors (Lipinski definition) is 1. The van der Waals surface area contributed by atoms with E-state index in [9.17, 15) is 0 Å². The van der Waals surface area contributed by atoms with Crippen LogP contribution in [0.3, 0.4) is 0 Å². The molecule has 0 aromatic heterocycles. The van der Waals surface area contributed by atoms with E-state index in [1.807, 2.05) is 7.05 Å². The second-order valence-electron chi connectivity index (χ2n) is 6.54. The Kier molecular flexibility index (Phi) is 5.23. The van der Waals surface area contributed by atoms with Crippen LogP contribution in [0.2, 0.25) is 0 Å². The van der Waals surface area contributed by atoms with Crippen LogP contribution in [0.4, 0.5) is 0 Å². The third kappa shape index (κ3) is 4.42. The van der Waals surface area contributed by atoms with E-state index in [1.54, 1.807) is 0 Å². The van der Waals surface area contributed by atoms with Crippen molar-refractivity contribution < 1.29 is 0 Å². The Bertz CT molecular complexity index is 564. The number of hydrogen-bond acceptors (Lipinski definition) is 1. The van der Waals surface area contributed by atoms with Gasteiger partial charge in [0.1, 0.15) is 0 Å². The Labute approximate surface area is 136 Å². The normalized spacial score (nSPS) is 13.2. The van der Waals surface area contributed by atoms with Crippen LogP contribution in [-0.4, -0.2) is 7.05 Å². The van der Waals surface area contributed by atoms with E-state index in [4.69, 9.17) is 0 Å². The quantitative estimate of drug-likeness (QED) is 0.797. The number of likely N-dealkylation sites (N-methyl/N-ethyl adjacent to an activating group) is 1. The van der Waals surface area contributed by atoms with Crippen LogP contribution in [-0.2, 0) is 11.8 Å². The van der Waals surface area contributed by atoms with Crippen molar-refractivity contribution in [3.8, 4) is 0 Å². The summed E-state index contributed by atoms with van der Waals surface area (Å²) in [6.07, 6.45) is 1.00. The SMILES string of the molecule is CNC(Cc1ccc(C(C)(C)C)cc1)c1ccc(Br)cc1. The molecule has 112 valence electrons. The first-order valence-corrected chi connectivity index (χ1v) is 8.21. The summed E-state index contributed by atoms with van der Waals surface area (Å²) >= 11 is 3.49. The first-order valence-electron chi connectivity index (χ1n) is 7.42. The zero-order valence-electron chi connectivity index (χ0n) is 13.3. The first-order chi connectivity index (χ1) is 9.90. The van der Waals surface area contributed by atoms with Crippen LogP contribution in [0.5, 0.6) is 0 Å². The minimum absolute atomic E-state index is 0.215. The molecule has 1 unspecified atom stereocenters. The van der Waals surface area contributed by atoms with Gasteiger partial charge in [-0.1, -0.05) is 73.1 Å². The Hall–Kier alpha value is -1.12. The highest BCUT2D eigenvalue weighted by molar-refractivity contribution is 9.10. The highest BCUT2D eigenvalue weighted by Gasteiger charge is 2.14. The van der Waals surface area contributed by atoms with Gasteiger partial charge in [-0.15, -0.1) is 0 Å². The summed E-state index contributed by atoms with van der Waals surface area (Å²) in [4.78, 5) is 0. The molecule has 1 nitrogen and oxygen atoms in total. The lowest BCUT2D eigenvalue weighted by Crippen LogP contribution is -2.19. The molecule has 0 aliphatic rings. The molecule has 0 saturated heterocycles. The lowest BCUT2D eigenvalue weighted by Gasteiger charge is -2.20. The molecule has 0 amide bonds. The van der Waals surface area contributed by atoms with Crippen LogP contribution in [0.1, 0.15) is 43.5 Å². The monoisotopic (exact) mass is 345 g/mol. The van der Waals surface area contributed by atoms with Crippen molar-refractivity contribution in [3.63, 3.8) is 0 Å². The molecule has 1 atom stereocenters. The van der Waals surface area contributed by atoms with Gasteiger partial charge in [-0.2, -0.15) is 0 Å². The van der Waals surface area contributed by atoms with E-state index >= 15 is 0 Å². The van der Waals surface area contributed by atoms with Gasteiger partial charge in [0.25, 0.3) is 0 Å². The predicted octanol–water partition coefficient (Wildman–Crippen LogP) is 5.25. The second kappa shape index (κ2) is 6.76. The molecule has 0 radical (unpaired) electrons. The van der Waals surface area contributed by atoms with Crippen molar-refractivity contribution in [2.24, 2.45) is 0 Å². The Morgan fingerprint density at radius 2 is 1.52 bits per heavy atom. The van der Waals surface area contributed by atoms with Crippen LogP contribution in [0, 0.1) is 0 Å². The van der Waals surface area contributed by atoms with Gasteiger partial charge in [-0.3, -0.25) is 0 Å². The summed E-state index contributed by atoms with van der Waals surface area (Å²) < 4.78 is 1.12. The minimum Gasteiger partial charge on any atom is -0.313 e. The van der Waals surface area contributed by atoms with Crippen LogP contribution >= 0.6 is 15.9 Å². The first kappa shape index (κ1) is 16.3. The van der Waals surface area contributed by atoms with E-state index in [-0.39, 0.29) is 5.41 Å². The van der Waals surface area contributed by atoms with E-state index in [0.29, 0.717) is 6.04 Å². The molecule has 1 N–H and O–H groups in total. The number of rotatable bonds is 4. The van der Waals surface area contributed by atoms with E-state index in [1.165, 1.54) is 16.7 Å². The van der Waals surface area contributed by atoms with Gasteiger partial charge >= 0.3 is 0 Å². The van der Waals surface area contributed by atoms with Gasteiger partial charge in [-0.05, 0) is 47.7 Å². The zero-order chi connectivity index (χ0) is 15.5. The van der Waals surface area contributed by atoms with Crippen molar-refractivity contribution in [1.29, 1.82) is 0 Å². The summed E-state index contributed by atoms with van der Waals surface area (Å²) in [6.45, 7) is 6.75. The highest BCUT2D eigenvalue weighted by atomic mass is 79.9. The molecule has 0 fully saturated rings. The van der Waals surface area contributed by atoms with Crippen molar-refractivity contribution >= 4 is 15.9 Å². The maximum Gasteiger partial charge on any atom is 0.0358 e. The molecule has 0 bridgehead atoms. The average Bonchev–Trinajstić information content (AvgIpc) is 2.45. The fourth-order valence-electron chi connectivity index (χ4n) is 2.46. The maximum atomic E-state index is 3.49. The zero-order valence-corrected chi connectivity index (χ0v) is 14.9. The van der Waals surface area contributed by atoms with Gasteiger partial charge < -0.3 is 5.32 Å². The van der Waals surface area contributed by atoms with Crippen molar-refractivity contribution in [2.45, 2.75) is 38.6 Å². The van der Waals surface area contributed by atoms with Crippen LogP contribution < -0.4 is 5.32 Å². The van der Waals surface area contributed by atoms with Gasteiger partial charge in [0.05, 0.1) is 0 Å². The Morgan fingerprint density at radius 1 is 0.952 bits per heavy atom. The third-order valence-corrected chi connectivity index (χ3v) is 4.41. The lowest BCUT2D eigenvalue weighted by atomic mass is 9.86. The third-order valence-electron chi connectivity index (χ3n) is 3.88. The van der Waals surface area contributed by atoms with E-state index in [2.05, 4.69) is 90.5 Å². The molecule has 21 heavy (non-hydrogen) atoms. The van der Waals surface area contributed by atoms with Gasteiger partial charge in [0.2, 0.25) is 0 Å². The standard InChI is InChI=1S/C19H24BrN/c1-19(2,3)16-9-5-14(6-10-16)13-18(21-4)15-7-11-17(20)12-8-15/h5-12,18,21H,13H2,1-4H3. The molecule has 2 aromatic rings. The summed E-state index contributed by atoms with van der Waals surface area (Å²) in [5.74, 6) is 0. The fraction of sp³-hybridized carbons (Fsp3) is 0.368. The van der Waals surface area contributed by atoms with Crippen LogP contribution in [0.25, 0.3) is 0 Å². The highest BCUT2D eigenvalue weighted by Crippen LogP contribution is 2.24. The molecule has 2 rings (SSSR count). The van der Waals surface area contributed by atoms with Crippen molar-refractivity contribution in [1.82, 2.24) is 5.32 Å². The number of benzene rings is 2. The summed E-state index contributed by atoms with van der Waals surface area (Å²) in [5, 5.41) is 3.42. The van der Waals surface area contributed by atoms with E-state index in [0.717, 1.165) is 10.9 Å². The number of halogens is 1. The molecular formula is C19H24BrN. The fourth-order valence-corrected chi connectivity index (χ4v) is 2.72. The predicted molar refractivity (Wildman–Crippen MR) is 94.8 cm³/mol. The molecule has 2 aromatic carbocycles. The minimum atomic E-state index is 0.215. The Morgan fingerprint density at radius 3 is 2.00 bits per heavy atom. The summed E-state index contributed by atoms with van der Waals surface area (Å²) in [6, 6.07) is 17.9. The lowest BCUT2D eigenvalue weighted by molar-refractivity contribution is 0.583. The van der Waals surface area contributed by atoms with E-state index < -0.39 is 0 Å². The maximum absolute atomic E-state index is 3.49. The van der Waals surface area contributed by atoms with Crippen molar-refractivity contribution in [3.05, 3.63) is 69.7 Å². The summed E-state index contributed by atoms with van der Waals surface area (Å²) in [7, 11) is 2.02. The average molecular weight is 346 g/mol. The molecule has 0 spiro atoms. The molecule has 0 saturated carbocycles. The molecule has 0 aliphatic heterocycles. The van der Waals surface area contributed by atoms with Gasteiger partial charge in [0.15, 0.2) is 0 Å². The molecule has 2 heteroatoms.